The van der Waals surface area contributed by atoms with E-state index in [1.807, 2.05) is 42.5 Å². The highest BCUT2D eigenvalue weighted by Gasteiger charge is 2.02. The Morgan fingerprint density at radius 3 is 2.53 bits per heavy atom. The summed E-state index contributed by atoms with van der Waals surface area (Å²) < 4.78 is 1.01. The zero-order valence-electron chi connectivity index (χ0n) is 8.88. The van der Waals surface area contributed by atoms with Gasteiger partial charge in [-0.2, -0.15) is 0 Å². The molecule has 1 nitrogen and oxygen atoms in total. The van der Waals surface area contributed by atoms with Crippen molar-refractivity contribution >= 4 is 44.8 Å². The second-order valence-corrected chi connectivity index (χ2v) is 5.30. The molecule has 0 saturated carbocycles. The summed E-state index contributed by atoms with van der Waals surface area (Å²) in [6.45, 7) is 0.641. The first kappa shape index (κ1) is 12.7. The van der Waals surface area contributed by atoms with Gasteiger partial charge in [-0.15, -0.1) is 0 Å². The Balaban J connectivity index is 2.12. The van der Waals surface area contributed by atoms with E-state index in [9.17, 15) is 0 Å². The van der Waals surface area contributed by atoms with E-state index < -0.39 is 0 Å². The molecule has 0 radical (unpaired) electrons. The van der Waals surface area contributed by atoms with Crippen molar-refractivity contribution in [1.29, 1.82) is 0 Å². The van der Waals surface area contributed by atoms with Crippen LogP contribution < -0.4 is 5.32 Å². The predicted octanol–water partition coefficient (Wildman–Crippen LogP) is 5.37. The number of benzene rings is 2. The number of halogens is 3. The molecule has 0 spiro atoms. The van der Waals surface area contributed by atoms with Gasteiger partial charge in [0.1, 0.15) is 0 Å². The monoisotopic (exact) mass is 329 g/mol. The normalized spacial score (nSPS) is 10.3. The Morgan fingerprint density at radius 2 is 1.76 bits per heavy atom. The maximum Gasteiger partial charge on any atom is 0.0637 e. The highest BCUT2D eigenvalue weighted by molar-refractivity contribution is 9.10. The third kappa shape index (κ3) is 3.38. The van der Waals surface area contributed by atoms with E-state index in [0.717, 1.165) is 20.7 Å². The minimum Gasteiger partial charge on any atom is -0.380 e. The van der Waals surface area contributed by atoms with Crippen molar-refractivity contribution in [3.63, 3.8) is 0 Å². The fraction of sp³-hybridized carbons (Fsp3) is 0.0769. The standard InChI is InChI=1S/C13H10BrCl2N/c14-10-5-6-11(15)9(7-10)8-17-13-4-2-1-3-12(13)16/h1-7,17H,8H2. The molecule has 0 atom stereocenters. The minimum atomic E-state index is 0.641. The lowest BCUT2D eigenvalue weighted by atomic mass is 10.2. The molecule has 1 N–H and O–H groups in total. The van der Waals surface area contributed by atoms with Gasteiger partial charge in [0.2, 0.25) is 0 Å². The molecule has 88 valence electrons. The van der Waals surface area contributed by atoms with Crippen molar-refractivity contribution in [1.82, 2.24) is 0 Å². The molecule has 0 amide bonds. The molecule has 2 rings (SSSR count). The van der Waals surface area contributed by atoms with Crippen LogP contribution >= 0.6 is 39.1 Å². The lowest BCUT2D eigenvalue weighted by Crippen LogP contribution is -2.00. The summed E-state index contributed by atoms with van der Waals surface area (Å²) in [5.74, 6) is 0. The van der Waals surface area contributed by atoms with Crippen LogP contribution in [0.2, 0.25) is 10.0 Å². The van der Waals surface area contributed by atoms with Crippen LogP contribution in [0.1, 0.15) is 5.56 Å². The van der Waals surface area contributed by atoms with Crippen LogP contribution in [0, 0.1) is 0 Å². The number of nitrogens with one attached hydrogen (secondary N) is 1. The summed E-state index contributed by atoms with van der Waals surface area (Å²) >= 11 is 15.6. The Hall–Kier alpha value is -0.700. The summed E-state index contributed by atoms with van der Waals surface area (Å²) in [6, 6.07) is 13.4. The molecule has 2 aromatic carbocycles. The van der Waals surface area contributed by atoms with E-state index >= 15 is 0 Å². The second-order valence-electron chi connectivity index (χ2n) is 3.57. The van der Waals surface area contributed by atoms with E-state index in [-0.39, 0.29) is 0 Å². The second kappa shape index (κ2) is 5.76. The molecule has 0 aliphatic rings. The van der Waals surface area contributed by atoms with Gasteiger partial charge in [-0.05, 0) is 35.9 Å². The summed E-state index contributed by atoms with van der Waals surface area (Å²) in [5.41, 5.74) is 1.94. The van der Waals surface area contributed by atoms with Gasteiger partial charge in [0, 0.05) is 16.0 Å². The Labute approximate surface area is 119 Å². The number of anilines is 1. The van der Waals surface area contributed by atoms with Crippen LogP contribution in [0.4, 0.5) is 5.69 Å². The number of hydrogen-bond acceptors (Lipinski definition) is 1. The topological polar surface area (TPSA) is 12.0 Å². The number of para-hydroxylation sites is 1. The minimum absolute atomic E-state index is 0.641. The van der Waals surface area contributed by atoms with Gasteiger partial charge in [0.25, 0.3) is 0 Å². The quantitative estimate of drug-likeness (QED) is 0.797. The SMILES string of the molecule is Clc1ccc(Br)cc1CNc1ccccc1Cl. The Kier molecular flexibility index (Phi) is 4.32. The fourth-order valence-electron chi connectivity index (χ4n) is 1.47. The van der Waals surface area contributed by atoms with Gasteiger partial charge in [-0.1, -0.05) is 51.3 Å². The van der Waals surface area contributed by atoms with Gasteiger partial charge >= 0.3 is 0 Å². The zero-order valence-corrected chi connectivity index (χ0v) is 12.0. The van der Waals surface area contributed by atoms with Crippen LogP contribution in [0.15, 0.2) is 46.9 Å². The number of hydrogen-bond donors (Lipinski definition) is 1. The van der Waals surface area contributed by atoms with Crippen LogP contribution in [0.5, 0.6) is 0 Å². The molecule has 4 heteroatoms. The first-order chi connectivity index (χ1) is 8.16. The fourth-order valence-corrected chi connectivity index (χ4v) is 2.27. The first-order valence-corrected chi connectivity index (χ1v) is 6.64. The molecule has 17 heavy (non-hydrogen) atoms. The Bertz CT molecular complexity index is 529. The molecule has 2 aromatic rings. The molecule has 0 heterocycles. The maximum atomic E-state index is 6.11. The highest BCUT2D eigenvalue weighted by atomic mass is 79.9. The highest BCUT2D eigenvalue weighted by Crippen LogP contribution is 2.24. The third-order valence-corrected chi connectivity index (χ3v) is 3.54. The average molecular weight is 331 g/mol. The van der Waals surface area contributed by atoms with E-state index in [2.05, 4.69) is 21.2 Å². The van der Waals surface area contributed by atoms with E-state index in [4.69, 9.17) is 23.2 Å². The van der Waals surface area contributed by atoms with Gasteiger partial charge in [0.05, 0.1) is 10.7 Å². The van der Waals surface area contributed by atoms with Crippen LogP contribution in [-0.2, 0) is 6.54 Å². The molecular weight excluding hydrogens is 321 g/mol. The summed E-state index contributed by atoms with van der Waals surface area (Å²) in [5, 5.41) is 4.71. The molecule has 0 saturated heterocycles. The van der Waals surface area contributed by atoms with Crippen molar-refractivity contribution in [3.8, 4) is 0 Å². The molecule has 0 bridgehead atoms. The van der Waals surface area contributed by atoms with Gasteiger partial charge in [0.15, 0.2) is 0 Å². The summed E-state index contributed by atoms with van der Waals surface area (Å²) in [7, 11) is 0. The van der Waals surface area contributed by atoms with Crippen molar-refractivity contribution in [3.05, 3.63) is 62.5 Å². The summed E-state index contributed by atoms with van der Waals surface area (Å²) in [4.78, 5) is 0. The molecule has 0 unspecified atom stereocenters. The predicted molar refractivity (Wildman–Crippen MR) is 77.9 cm³/mol. The third-order valence-electron chi connectivity index (χ3n) is 2.35. The summed E-state index contributed by atoms with van der Waals surface area (Å²) in [6.07, 6.45) is 0. The molecule has 0 aliphatic heterocycles. The van der Waals surface area contributed by atoms with Gasteiger partial charge in [-0.3, -0.25) is 0 Å². The van der Waals surface area contributed by atoms with Crippen molar-refractivity contribution < 1.29 is 0 Å². The van der Waals surface area contributed by atoms with E-state index in [1.54, 1.807) is 0 Å². The van der Waals surface area contributed by atoms with Gasteiger partial charge in [-0.25, -0.2) is 0 Å². The zero-order chi connectivity index (χ0) is 12.3. The largest absolute Gasteiger partial charge is 0.380 e. The lowest BCUT2D eigenvalue weighted by Gasteiger charge is -2.09. The van der Waals surface area contributed by atoms with Crippen LogP contribution in [0.3, 0.4) is 0 Å². The maximum absolute atomic E-state index is 6.11. The van der Waals surface area contributed by atoms with Crippen LogP contribution in [-0.4, -0.2) is 0 Å². The number of rotatable bonds is 3. The average Bonchev–Trinajstić information content (AvgIpc) is 2.32. The lowest BCUT2D eigenvalue weighted by molar-refractivity contribution is 1.15. The smallest absolute Gasteiger partial charge is 0.0637 e. The molecule has 0 fully saturated rings. The van der Waals surface area contributed by atoms with E-state index in [0.29, 0.717) is 11.6 Å². The van der Waals surface area contributed by atoms with Crippen LogP contribution in [0.25, 0.3) is 0 Å². The van der Waals surface area contributed by atoms with Crippen molar-refractivity contribution in [2.24, 2.45) is 0 Å². The van der Waals surface area contributed by atoms with Crippen molar-refractivity contribution in [2.45, 2.75) is 6.54 Å². The molecule has 0 aromatic heterocycles. The molecular formula is C13H10BrCl2N. The molecule has 0 aliphatic carbocycles. The Morgan fingerprint density at radius 1 is 1.00 bits per heavy atom. The van der Waals surface area contributed by atoms with E-state index in [1.165, 1.54) is 0 Å². The van der Waals surface area contributed by atoms with Crippen molar-refractivity contribution in [2.75, 3.05) is 5.32 Å². The first-order valence-electron chi connectivity index (χ1n) is 5.09. The van der Waals surface area contributed by atoms with Gasteiger partial charge < -0.3 is 5.32 Å².